The lowest BCUT2D eigenvalue weighted by atomic mass is 9.89. The second-order valence-corrected chi connectivity index (χ2v) is 5.04. The molecule has 2 rings (SSSR count). The molecule has 0 spiro atoms. The van der Waals surface area contributed by atoms with E-state index in [4.69, 9.17) is 0 Å². The third-order valence-corrected chi connectivity index (χ3v) is 3.13. The van der Waals surface area contributed by atoms with Crippen LogP contribution in [-0.4, -0.2) is 10.1 Å². The van der Waals surface area contributed by atoms with E-state index in [2.05, 4.69) is 20.9 Å². The number of rotatable bonds is 2. The summed E-state index contributed by atoms with van der Waals surface area (Å²) in [4.78, 5) is 3.93. The van der Waals surface area contributed by atoms with Gasteiger partial charge in [-0.1, -0.05) is 0 Å². The van der Waals surface area contributed by atoms with E-state index in [-0.39, 0.29) is 5.56 Å². The molecule has 0 saturated carbocycles. The van der Waals surface area contributed by atoms with Gasteiger partial charge in [-0.3, -0.25) is 4.98 Å². The Hall–Kier alpha value is -1.33. The van der Waals surface area contributed by atoms with Gasteiger partial charge in [-0.2, -0.15) is 0 Å². The predicted octanol–water partition coefficient (Wildman–Crippen LogP) is 3.38. The Morgan fingerprint density at radius 1 is 1.06 bits per heavy atom. The Morgan fingerprint density at radius 2 is 1.67 bits per heavy atom. The van der Waals surface area contributed by atoms with Crippen molar-refractivity contribution >= 4 is 15.9 Å². The van der Waals surface area contributed by atoms with Gasteiger partial charge in [0, 0.05) is 28.5 Å². The van der Waals surface area contributed by atoms with Crippen LogP contribution in [0.25, 0.3) is 0 Å². The molecule has 18 heavy (non-hydrogen) atoms. The van der Waals surface area contributed by atoms with Crippen LogP contribution in [0, 0.1) is 11.6 Å². The van der Waals surface area contributed by atoms with Gasteiger partial charge in [0.2, 0.25) is 0 Å². The van der Waals surface area contributed by atoms with Gasteiger partial charge in [0.05, 0.1) is 0 Å². The number of aromatic nitrogens is 1. The van der Waals surface area contributed by atoms with Crippen LogP contribution < -0.4 is 0 Å². The molecule has 1 heterocycles. The molecule has 5 heteroatoms. The van der Waals surface area contributed by atoms with Crippen molar-refractivity contribution in [1.29, 1.82) is 0 Å². The molecule has 0 radical (unpaired) electrons. The maximum atomic E-state index is 13.2. The molecule has 2 aromatic rings. The lowest BCUT2D eigenvalue weighted by Gasteiger charge is -2.24. The predicted molar refractivity (Wildman–Crippen MR) is 67.0 cm³/mol. The van der Waals surface area contributed by atoms with Gasteiger partial charge < -0.3 is 5.11 Å². The maximum Gasteiger partial charge on any atom is 0.126 e. The highest BCUT2D eigenvalue weighted by Gasteiger charge is 2.27. The molecule has 1 aromatic carbocycles. The van der Waals surface area contributed by atoms with E-state index in [1.54, 1.807) is 12.3 Å². The number of aliphatic hydroxyl groups is 1. The van der Waals surface area contributed by atoms with Gasteiger partial charge in [-0.25, -0.2) is 8.78 Å². The van der Waals surface area contributed by atoms with E-state index in [0.29, 0.717) is 10.0 Å². The fraction of sp³-hybridized carbons (Fsp3) is 0.154. The molecule has 1 atom stereocenters. The topological polar surface area (TPSA) is 33.1 Å². The van der Waals surface area contributed by atoms with E-state index < -0.39 is 17.2 Å². The van der Waals surface area contributed by atoms with Crippen LogP contribution in [0.5, 0.6) is 0 Å². The first-order valence-corrected chi connectivity index (χ1v) is 5.99. The lowest BCUT2D eigenvalue weighted by molar-refractivity contribution is 0.101. The molecule has 1 aromatic heterocycles. The average molecular weight is 314 g/mol. The molecule has 0 aliphatic rings. The highest BCUT2D eigenvalue weighted by Crippen LogP contribution is 2.30. The van der Waals surface area contributed by atoms with Crippen molar-refractivity contribution in [2.45, 2.75) is 12.5 Å². The van der Waals surface area contributed by atoms with Crippen LogP contribution in [-0.2, 0) is 5.60 Å². The van der Waals surface area contributed by atoms with Gasteiger partial charge in [0.25, 0.3) is 0 Å². The van der Waals surface area contributed by atoms with E-state index in [0.717, 1.165) is 18.2 Å². The smallest absolute Gasteiger partial charge is 0.126 e. The van der Waals surface area contributed by atoms with Crippen molar-refractivity contribution in [3.63, 3.8) is 0 Å². The van der Waals surface area contributed by atoms with Gasteiger partial charge in [-0.05, 0) is 46.6 Å². The molecule has 0 aliphatic carbocycles. The molecule has 0 bridgehead atoms. The SMILES string of the molecule is CC(O)(c1cc(F)cc(F)c1)c1cncc(Br)c1. The third kappa shape index (κ3) is 2.57. The zero-order valence-electron chi connectivity index (χ0n) is 9.49. The van der Waals surface area contributed by atoms with Gasteiger partial charge >= 0.3 is 0 Å². The minimum Gasteiger partial charge on any atom is -0.381 e. The standard InChI is InChI=1S/C13H10BrF2NO/c1-13(18,9-2-10(14)7-17-6-9)8-3-11(15)5-12(16)4-8/h2-7,18H,1H3. The molecule has 1 N–H and O–H groups in total. The highest BCUT2D eigenvalue weighted by atomic mass is 79.9. The van der Waals surface area contributed by atoms with E-state index in [1.807, 2.05) is 0 Å². The molecule has 0 amide bonds. The normalized spacial score (nSPS) is 14.3. The van der Waals surface area contributed by atoms with Gasteiger partial charge in [-0.15, -0.1) is 0 Å². The summed E-state index contributed by atoms with van der Waals surface area (Å²) in [7, 11) is 0. The fourth-order valence-electron chi connectivity index (χ4n) is 1.68. The number of hydrogen-bond acceptors (Lipinski definition) is 2. The molecule has 2 nitrogen and oxygen atoms in total. The van der Waals surface area contributed by atoms with Crippen molar-refractivity contribution in [2.75, 3.05) is 0 Å². The maximum absolute atomic E-state index is 13.2. The van der Waals surface area contributed by atoms with Crippen molar-refractivity contribution in [2.24, 2.45) is 0 Å². The van der Waals surface area contributed by atoms with Gasteiger partial charge in [0.15, 0.2) is 0 Å². The summed E-state index contributed by atoms with van der Waals surface area (Å²) in [5.41, 5.74) is -0.929. The summed E-state index contributed by atoms with van der Waals surface area (Å²) in [6.07, 6.45) is 3.01. The van der Waals surface area contributed by atoms with E-state index in [9.17, 15) is 13.9 Å². The van der Waals surface area contributed by atoms with Gasteiger partial charge in [0.1, 0.15) is 17.2 Å². The first-order chi connectivity index (χ1) is 8.39. The molecule has 0 saturated heterocycles. The number of nitrogens with zero attached hydrogens (tertiary/aromatic N) is 1. The molecule has 0 aliphatic heterocycles. The molecule has 0 fully saturated rings. The number of pyridine rings is 1. The number of halogens is 3. The zero-order valence-corrected chi connectivity index (χ0v) is 11.1. The monoisotopic (exact) mass is 313 g/mol. The van der Waals surface area contributed by atoms with E-state index >= 15 is 0 Å². The number of hydrogen-bond donors (Lipinski definition) is 1. The summed E-state index contributed by atoms with van der Waals surface area (Å²) in [5.74, 6) is -1.46. The quantitative estimate of drug-likeness (QED) is 0.922. The van der Waals surface area contributed by atoms with Crippen LogP contribution in [0.3, 0.4) is 0 Å². The second kappa shape index (κ2) is 4.74. The van der Waals surface area contributed by atoms with Crippen LogP contribution in [0.4, 0.5) is 8.78 Å². The van der Waals surface area contributed by atoms with Crippen LogP contribution in [0.1, 0.15) is 18.1 Å². The first kappa shape index (κ1) is 13.1. The third-order valence-electron chi connectivity index (χ3n) is 2.69. The Labute approximate surface area is 111 Å². The molecular weight excluding hydrogens is 304 g/mol. The lowest BCUT2D eigenvalue weighted by Crippen LogP contribution is -2.23. The Morgan fingerprint density at radius 3 is 2.22 bits per heavy atom. The summed E-state index contributed by atoms with van der Waals surface area (Å²) >= 11 is 3.23. The summed E-state index contributed by atoms with van der Waals surface area (Å²) < 4.78 is 27.0. The average Bonchev–Trinajstić information content (AvgIpc) is 2.27. The van der Waals surface area contributed by atoms with Crippen molar-refractivity contribution in [3.8, 4) is 0 Å². The minimum absolute atomic E-state index is 0.139. The Balaban J connectivity index is 2.53. The molecule has 94 valence electrons. The Kier molecular flexibility index (Phi) is 3.45. The summed E-state index contributed by atoms with van der Waals surface area (Å²) in [6, 6.07) is 4.61. The first-order valence-electron chi connectivity index (χ1n) is 5.19. The fourth-order valence-corrected chi connectivity index (χ4v) is 2.04. The summed E-state index contributed by atoms with van der Waals surface area (Å²) in [5, 5.41) is 10.4. The number of benzene rings is 1. The van der Waals surface area contributed by atoms with Crippen molar-refractivity contribution < 1.29 is 13.9 Å². The van der Waals surface area contributed by atoms with E-state index in [1.165, 1.54) is 13.1 Å². The highest BCUT2D eigenvalue weighted by molar-refractivity contribution is 9.10. The zero-order chi connectivity index (χ0) is 13.3. The van der Waals surface area contributed by atoms with Crippen LogP contribution in [0.15, 0.2) is 41.1 Å². The summed E-state index contributed by atoms with van der Waals surface area (Å²) in [6.45, 7) is 1.46. The molecular formula is C13H10BrF2NO. The largest absolute Gasteiger partial charge is 0.381 e. The molecule has 1 unspecified atom stereocenters. The van der Waals surface area contributed by atoms with Crippen LogP contribution in [0.2, 0.25) is 0 Å². The minimum atomic E-state index is -1.51. The van der Waals surface area contributed by atoms with Crippen LogP contribution >= 0.6 is 15.9 Å². The van der Waals surface area contributed by atoms with Crippen molar-refractivity contribution in [1.82, 2.24) is 4.98 Å². The second-order valence-electron chi connectivity index (χ2n) is 4.12. The Bertz CT molecular complexity index is 567. The van der Waals surface area contributed by atoms with Crippen molar-refractivity contribution in [3.05, 3.63) is 63.9 Å².